The first-order valence-electron chi connectivity index (χ1n) is 11.0. The number of hydrogen-bond donors (Lipinski definition) is 2. The number of primary amides is 1. The van der Waals surface area contributed by atoms with Crippen LogP contribution < -0.4 is 25.6 Å². The third-order valence-electron chi connectivity index (χ3n) is 5.62. The number of halogens is 4. The van der Waals surface area contributed by atoms with Crippen molar-refractivity contribution >= 4 is 28.7 Å². The van der Waals surface area contributed by atoms with Gasteiger partial charge >= 0.3 is 5.69 Å². The number of aryl methyl sites for hydroxylation is 1. The topological polar surface area (TPSA) is 134 Å². The van der Waals surface area contributed by atoms with Gasteiger partial charge in [0, 0.05) is 12.5 Å². The number of H-pyrrole nitrogens is 1. The molecule has 0 radical (unpaired) electrons. The summed E-state index contributed by atoms with van der Waals surface area (Å²) in [5, 5.41) is 0.0497. The lowest BCUT2D eigenvalue weighted by molar-refractivity contribution is -0.117. The molecule has 4 aromatic rings. The van der Waals surface area contributed by atoms with E-state index in [-0.39, 0.29) is 63.5 Å². The number of rotatable bonds is 10. The monoisotopic (exact) mass is 551 g/mol. The predicted molar refractivity (Wildman–Crippen MR) is 131 cm³/mol. The molecule has 0 aliphatic carbocycles. The first-order chi connectivity index (χ1) is 18.2. The Kier molecular flexibility index (Phi) is 7.76. The van der Waals surface area contributed by atoms with E-state index in [1.807, 2.05) is 0 Å². The van der Waals surface area contributed by atoms with Crippen LogP contribution in [0.15, 0.2) is 29.1 Å². The third-order valence-corrected chi connectivity index (χ3v) is 5.92. The van der Waals surface area contributed by atoms with Crippen LogP contribution in [0.1, 0.15) is 23.4 Å². The van der Waals surface area contributed by atoms with Gasteiger partial charge in [0.1, 0.15) is 30.3 Å². The second-order valence-corrected chi connectivity index (χ2v) is 8.36. The minimum Gasteiger partial charge on any atom is -0.496 e. The summed E-state index contributed by atoms with van der Waals surface area (Å²) in [7, 11) is 2.59. The number of alkyl halides is 1. The average Bonchev–Trinajstić information content (AvgIpc) is 3.23. The van der Waals surface area contributed by atoms with Gasteiger partial charge in [-0.2, -0.15) is 4.98 Å². The molecule has 2 aromatic carbocycles. The van der Waals surface area contributed by atoms with Crippen molar-refractivity contribution in [2.24, 2.45) is 5.73 Å². The van der Waals surface area contributed by atoms with Gasteiger partial charge in [-0.3, -0.25) is 9.78 Å². The number of carbonyl (C=O) groups excluding carboxylic acids is 1. The molecule has 0 aliphatic rings. The Labute approximate surface area is 218 Å². The summed E-state index contributed by atoms with van der Waals surface area (Å²) >= 11 is 6.52. The smallest absolute Gasteiger partial charge is 0.332 e. The highest BCUT2D eigenvalue weighted by atomic mass is 35.5. The van der Waals surface area contributed by atoms with E-state index in [1.165, 1.54) is 32.4 Å². The minimum absolute atomic E-state index is 0.0231. The van der Waals surface area contributed by atoms with Crippen molar-refractivity contribution in [3.05, 3.63) is 68.4 Å². The zero-order valence-corrected chi connectivity index (χ0v) is 20.9. The number of ether oxygens (including phenoxy) is 3. The Morgan fingerprint density at radius 2 is 1.92 bits per heavy atom. The summed E-state index contributed by atoms with van der Waals surface area (Å²) in [6.45, 7) is -1.50. The van der Waals surface area contributed by atoms with Crippen LogP contribution >= 0.6 is 11.6 Å². The normalized spacial score (nSPS) is 11.1. The van der Waals surface area contributed by atoms with Gasteiger partial charge in [-0.15, -0.1) is 0 Å². The molecule has 0 bridgehead atoms. The van der Waals surface area contributed by atoms with E-state index in [9.17, 15) is 22.8 Å². The van der Waals surface area contributed by atoms with Gasteiger partial charge in [0.05, 0.1) is 30.5 Å². The van der Waals surface area contributed by atoms with E-state index in [4.69, 9.17) is 31.5 Å². The number of aromatic nitrogens is 4. The Hall–Kier alpha value is -4.26. The van der Waals surface area contributed by atoms with Crippen molar-refractivity contribution in [3.63, 3.8) is 0 Å². The van der Waals surface area contributed by atoms with Crippen molar-refractivity contribution in [2.45, 2.75) is 26.1 Å². The number of nitrogens with one attached hydrogen (secondary N) is 1. The van der Waals surface area contributed by atoms with E-state index < -0.39 is 36.5 Å². The second kappa shape index (κ2) is 11.0. The summed E-state index contributed by atoms with van der Waals surface area (Å²) in [6, 6.07) is 4.97. The van der Waals surface area contributed by atoms with Crippen molar-refractivity contribution < 1.29 is 32.2 Å². The highest BCUT2D eigenvalue weighted by Crippen LogP contribution is 2.34. The van der Waals surface area contributed by atoms with Crippen LogP contribution in [0.2, 0.25) is 5.02 Å². The number of aromatic amines is 1. The maximum Gasteiger partial charge on any atom is 0.332 e. The number of nitrogens with two attached hydrogens (primary N) is 1. The number of hydrogen-bond acceptors (Lipinski definition) is 7. The summed E-state index contributed by atoms with van der Waals surface area (Å²) < 4.78 is 59.0. The molecule has 0 fully saturated rings. The van der Waals surface area contributed by atoms with E-state index >= 15 is 0 Å². The van der Waals surface area contributed by atoms with Crippen LogP contribution in [0.4, 0.5) is 13.2 Å². The highest BCUT2D eigenvalue weighted by molar-refractivity contribution is 6.32. The Bertz CT molecular complexity index is 1590. The van der Waals surface area contributed by atoms with Crippen LogP contribution in [-0.2, 0) is 24.5 Å². The fraction of sp³-hybridized carbons (Fsp3) is 0.250. The van der Waals surface area contributed by atoms with Crippen molar-refractivity contribution in [1.29, 1.82) is 0 Å². The molecule has 200 valence electrons. The van der Waals surface area contributed by atoms with E-state index in [2.05, 4.69) is 15.0 Å². The molecule has 14 heteroatoms. The molecule has 1 amide bonds. The Morgan fingerprint density at radius 3 is 2.58 bits per heavy atom. The Balaban J connectivity index is 1.86. The fourth-order valence-electron chi connectivity index (χ4n) is 3.83. The molecule has 10 nitrogen and oxygen atoms in total. The molecule has 0 unspecified atom stereocenters. The molecule has 0 saturated carbocycles. The third kappa shape index (κ3) is 5.09. The van der Waals surface area contributed by atoms with Crippen LogP contribution in [0, 0.1) is 11.6 Å². The van der Waals surface area contributed by atoms with Gasteiger partial charge in [0.15, 0.2) is 23.1 Å². The molecule has 0 spiro atoms. The van der Waals surface area contributed by atoms with Crippen LogP contribution in [-0.4, -0.2) is 39.6 Å². The molecule has 0 saturated heterocycles. The number of methoxy groups -OCH3 is 2. The van der Waals surface area contributed by atoms with Gasteiger partial charge in [0.2, 0.25) is 11.8 Å². The number of benzene rings is 2. The van der Waals surface area contributed by atoms with Gasteiger partial charge in [-0.25, -0.2) is 27.5 Å². The maximum atomic E-state index is 14.5. The lowest BCUT2D eigenvalue weighted by atomic mass is 10.1. The largest absolute Gasteiger partial charge is 0.496 e. The van der Waals surface area contributed by atoms with Crippen molar-refractivity contribution in [2.75, 3.05) is 14.2 Å². The maximum absolute atomic E-state index is 14.5. The first kappa shape index (κ1) is 26.8. The molecule has 38 heavy (non-hydrogen) atoms. The molecule has 2 aromatic heterocycles. The zero-order valence-electron chi connectivity index (χ0n) is 20.1. The van der Waals surface area contributed by atoms with Gasteiger partial charge in [-0.1, -0.05) is 11.6 Å². The van der Waals surface area contributed by atoms with Crippen LogP contribution in [0.5, 0.6) is 17.4 Å². The SMILES string of the molecule is COc1ccc(F)c(F)c1COc1cc(-n2c(=O)[nH]c3c(OC)nc(CF)nc32)c(Cl)cc1CCC(N)=O. The molecule has 0 aliphatic heterocycles. The lowest BCUT2D eigenvalue weighted by Gasteiger charge is -2.17. The van der Waals surface area contributed by atoms with Crippen LogP contribution in [0.25, 0.3) is 16.9 Å². The summed E-state index contributed by atoms with van der Waals surface area (Å²) in [6.07, 6.45) is 0.0270. The molecular formula is C24H21ClF3N5O5. The molecular weight excluding hydrogens is 531 g/mol. The molecule has 2 heterocycles. The molecule has 3 N–H and O–H groups in total. The quantitative estimate of drug-likeness (QED) is 0.308. The zero-order chi connectivity index (χ0) is 27.6. The van der Waals surface area contributed by atoms with Gasteiger partial charge in [-0.05, 0) is 30.2 Å². The minimum atomic E-state index is -1.16. The summed E-state index contributed by atoms with van der Waals surface area (Å²) in [4.78, 5) is 34.9. The number of fused-ring (bicyclic) bond motifs is 1. The van der Waals surface area contributed by atoms with E-state index in [0.29, 0.717) is 5.56 Å². The predicted octanol–water partition coefficient (Wildman–Crippen LogP) is 3.52. The van der Waals surface area contributed by atoms with Crippen molar-refractivity contribution in [3.8, 4) is 23.1 Å². The standard InChI is InChI=1S/C24H21ClF3N5O5/c1-36-16-5-4-14(27)20(28)12(16)10-38-17-8-15(13(25)7-11(17)3-6-18(29)34)33-22-21(32-24(33)35)23(37-2)31-19(9-26)30-22/h4-5,7-8H,3,6,9-10H2,1-2H3,(H2,29,34)(H,32,35). The van der Waals surface area contributed by atoms with Crippen LogP contribution in [0.3, 0.4) is 0 Å². The van der Waals surface area contributed by atoms with Gasteiger partial charge in [0.25, 0.3) is 0 Å². The second-order valence-electron chi connectivity index (χ2n) is 7.96. The first-order valence-corrected chi connectivity index (χ1v) is 11.4. The number of carbonyl (C=O) groups is 1. The van der Waals surface area contributed by atoms with Crippen molar-refractivity contribution in [1.82, 2.24) is 19.5 Å². The van der Waals surface area contributed by atoms with E-state index in [0.717, 1.165) is 10.6 Å². The van der Waals surface area contributed by atoms with Gasteiger partial charge < -0.3 is 19.9 Å². The number of nitrogens with zero attached hydrogens (tertiary/aromatic N) is 3. The molecule has 4 rings (SSSR count). The number of amides is 1. The highest BCUT2D eigenvalue weighted by Gasteiger charge is 2.22. The summed E-state index contributed by atoms with van der Waals surface area (Å²) in [5.74, 6) is -3.01. The fourth-order valence-corrected chi connectivity index (χ4v) is 4.10. The Morgan fingerprint density at radius 1 is 1.16 bits per heavy atom. The number of imidazole rings is 1. The van der Waals surface area contributed by atoms with E-state index in [1.54, 1.807) is 0 Å². The lowest BCUT2D eigenvalue weighted by Crippen LogP contribution is -2.16. The molecule has 0 atom stereocenters. The average molecular weight is 552 g/mol. The summed E-state index contributed by atoms with van der Waals surface area (Å²) in [5.41, 5.74) is 4.93.